The lowest BCUT2D eigenvalue weighted by Crippen LogP contribution is -2.03. The third-order valence-corrected chi connectivity index (χ3v) is 4.90. The van der Waals surface area contributed by atoms with E-state index in [0.29, 0.717) is 18.4 Å². The fourth-order valence-electron chi connectivity index (χ4n) is 3.37. The minimum absolute atomic E-state index is 0.354. The summed E-state index contributed by atoms with van der Waals surface area (Å²) in [6.45, 7) is 3.58. The minimum Gasteiger partial charge on any atom is -0.487 e. The first-order valence-electron chi connectivity index (χ1n) is 7.89. The first-order chi connectivity index (χ1) is 11.3. The van der Waals surface area contributed by atoms with Gasteiger partial charge in [0.15, 0.2) is 0 Å². The summed E-state index contributed by atoms with van der Waals surface area (Å²) < 4.78 is 6.11. The Bertz CT molecular complexity index is 841. The molecule has 3 nitrogen and oxygen atoms in total. The molecule has 118 valence electrons. The molecule has 23 heavy (non-hydrogen) atoms. The number of hydrogen-bond donors (Lipinski definition) is 2. The van der Waals surface area contributed by atoms with Crippen molar-refractivity contribution in [3.63, 3.8) is 0 Å². The van der Waals surface area contributed by atoms with Crippen LogP contribution in [0.1, 0.15) is 22.6 Å². The van der Waals surface area contributed by atoms with Crippen molar-refractivity contribution in [2.45, 2.75) is 19.4 Å². The topological polar surface area (TPSA) is 37.0 Å². The molecule has 1 aromatic heterocycles. The molecule has 0 saturated carbocycles. The number of anilines is 1. The van der Waals surface area contributed by atoms with Gasteiger partial charge in [0.25, 0.3) is 0 Å². The largest absolute Gasteiger partial charge is 0.487 e. The lowest BCUT2D eigenvalue weighted by Gasteiger charge is -2.13. The van der Waals surface area contributed by atoms with Crippen LogP contribution in [0.4, 0.5) is 5.69 Å². The van der Waals surface area contributed by atoms with Gasteiger partial charge in [0.2, 0.25) is 0 Å². The zero-order chi connectivity index (χ0) is 15.8. The number of ether oxygens (including phenoxy) is 1. The molecule has 2 aromatic carbocycles. The Hall–Kier alpha value is -2.13. The van der Waals surface area contributed by atoms with E-state index >= 15 is 0 Å². The molecule has 0 radical (unpaired) electrons. The molecule has 1 aliphatic rings. The smallest absolute Gasteiger partial charge is 0.145 e. The average molecular weight is 327 g/mol. The van der Waals surface area contributed by atoms with E-state index in [4.69, 9.17) is 16.3 Å². The quantitative estimate of drug-likeness (QED) is 0.675. The van der Waals surface area contributed by atoms with Crippen LogP contribution in [0.3, 0.4) is 0 Å². The Kier molecular flexibility index (Phi) is 3.66. The maximum Gasteiger partial charge on any atom is 0.145 e. The van der Waals surface area contributed by atoms with E-state index in [2.05, 4.69) is 35.4 Å². The van der Waals surface area contributed by atoms with Crippen LogP contribution in [0.5, 0.6) is 5.75 Å². The van der Waals surface area contributed by atoms with Crippen LogP contribution in [0, 0.1) is 6.92 Å². The lowest BCUT2D eigenvalue weighted by molar-refractivity contribution is 0.309. The molecule has 1 atom stereocenters. The summed E-state index contributed by atoms with van der Waals surface area (Å²) in [5.74, 6) is 1.87. The zero-order valence-corrected chi connectivity index (χ0v) is 13.8. The van der Waals surface area contributed by atoms with Crippen molar-refractivity contribution in [3.8, 4) is 5.75 Å². The number of rotatable bonds is 4. The summed E-state index contributed by atoms with van der Waals surface area (Å²) >= 11 is 6.15. The van der Waals surface area contributed by atoms with E-state index < -0.39 is 0 Å². The highest BCUT2D eigenvalue weighted by Gasteiger charge is 2.27. The Morgan fingerprint density at radius 3 is 2.87 bits per heavy atom. The first-order valence-corrected chi connectivity index (χ1v) is 8.42. The normalized spacial score (nSPS) is 16.3. The molecule has 0 aliphatic carbocycles. The molecule has 0 saturated heterocycles. The number of benzene rings is 2. The second-order valence-corrected chi connectivity index (χ2v) is 6.37. The van der Waals surface area contributed by atoms with Crippen molar-refractivity contribution in [2.75, 3.05) is 17.7 Å². The summed E-state index contributed by atoms with van der Waals surface area (Å²) in [6, 6.07) is 12.3. The second kappa shape index (κ2) is 5.82. The number of H-pyrrole nitrogens is 1. The number of nitrogens with one attached hydrogen (secondary N) is 2. The minimum atomic E-state index is 0.354. The number of hydrogen-bond acceptors (Lipinski definition) is 2. The maximum atomic E-state index is 6.15. The van der Waals surface area contributed by atoms with Crippen molar-refractivity contribution in [1.29, 1.82) is 0 Å². The summed E-state index contributed by atoms with van der Waals surface area (Å²) in [5.41, 5.74) is 5.93. The van der Waals surface area contributed by atoms with Crippen LogP contribution in [0.15, 0.2) is 42.6 Å². The molecule has 4 heteroatoms. The number of alkyl halides is 1. The lowest BCUT2D eigenvalue weighted by atomic mass is 9.97. The molecule has 0 bridgehead atoms. The van der Waals surface area contributed by atoms with Crippen LogP contribution in [-0.2, 0) is 6.61 Å². The zero-order valence-electron chi connectivity index (χ0n) is 13.0. The Morgan fingerprint density at radius 1 is 1.26 bits per heavy atom. The van der Waals surface area contributed by atoms with Gasteiger partial charge in [-0.3, -0.25) is 0 Å². The Labute approximate surface area is 140 Å². The van der Waals surface area contributed by atoms with Crippen molar-refractivity contribution >= 4 is 28.2 Å². The van der Waals surface area contributed by atoms with Crippen molar-refractivity contribution in [3.05, 3.63) is 59.3 Å². The molecule has 4 rings (SSSR count). The highest BCUT2D eigenvalue weighted by molar-refractivity contribution is 6.18. The van der Waals surface area contributed by atoms with E-state index in [1.54, 1.807) is 0 Å². The molecule has 2 heterocycles. The number of aryl methyl sites for hydroxylation is 1. The molecular weight excluding hydrogens is 308 g/mol. The van der Waals surface area contributed by atoms with Crippen LogP contribution in [-0.4, -0.2) is 17.4 Å². The van der Waals surface area contributed by atoms with Crippen LogP contribution in [0.25, 0.3) is 10.9 Å². The predicted molar refractivity (Wildman–Crippen MR) is 95.8 cm³/mol. The highest BCUT2D eigenvalue weighted by Crippen LogP contribution is 2.43. The molecule has 3 aromatic rings. The third-order valence-electron chi connectivity index (χ3n) is 4.53. The standard InChI is InChI=1S/C19H19ClN2O/c1-12-9-22-19-16(23-11-13-5-3-2-4-6-13)7-15-18(17(12)19)14(8-20)10-21-15/h2-7,9,14,21-22H,8,10-11H2,1H3. The van der Waals surface area contributed by atoms with E-state index in [-0.39, 0.29) is 0 Å². The summed E-state index contributed by atoms with van der Waals surface area (Å²) in [4.78, 5) is 3.37. The van der Waals surface area contributed by atoms with Gasteiger partial charge in [-0.2, -0.15) is 0 Å². The van der Waals surface area contributed by atoms with Crippen molar-refractivity contribution < 1.29 is 4.74 Å². The third kappa shape index (κ3) is 2.45. The number of aromatic amines is 1. The average Bonchev–Trinajstić information content (AvgIpc) is 3.17. The number of fused-ring (bicyclic) bond motifs is 3. The SMILES string of the molecule is Cc1c[nH]c2c(OCc3ccccc3)cc3c(c12)C(CCl)CN3. The van der Waals surface area contributed by atoms with E-state index in [1.807, 2.05) is 24.4 Å². The van der Waals surface area contributed by atoms with Gasteiger partial charge in [-0.15, -0.1) is 11.6 Å². The summed E-state index contributed by atoms with van der Waals surface area (Å²) in [6.07, 6.45) is 2.05. The molecular formula is C19H19ClN2O. The monoisotopic (exact) mass is 326 g/mol. The van der Waals surface area contributed by atoms with Gasteiger partial charge in [0, 0.05) is 41.7 Å². The second-order valence-electron chi connectivity index (χ2n) is 6.06. The van der Waals surface area contributed by atoms with Crippen LogP contribution in [0.2, 0.25) is 0 Å². The Balaban J connectivity index is 1.75. The molecule has 1 unspecified atom stereocenters. The van der Waals surface area contributed by atoms with Crippen LogP contribution < -0.4 is 10.1 Å². The van der Waals surface area contributed by atoms with Gasteiger partial charge in [0.05, 0.1) is 5.52 Å². The Morgan fingerprint density at radius 2 is 2.09 bits per heavy atom. The highest BCUT2D eigenvalue weighted by atomic mass is 35.5. The molecule has 0 spiro atoms. The van der Waals surface area contributed by atoms with Gasteiger partial charge < -0.3 is 15.0 Å². The number of halogens is 1. The van der Waals surface area contributed by atoms with Gasteiger partial charge >= 0.3 is 0 Å². The maximum absolute atomic E-state index is 6.15. The molecule has 1 aliphatic heterocycles. The van der Waals surface area contributed by atoms with Gasteiger partial charge in [-0.1, -0.05) is 30.3 Å². The van der Waals surface area contributed by atoms with E-state index in [0.717, 1.165) is 29.1 Å². The van der Waals surface area contributed by atoms with Gasteiger partial charge in [-0.25, -0.2) is 0 Å². The van der Waals surface area contributed by atoms with E-state index in [9.17, 15) is 0 Å². The van der Waals surface area contributed by atoms with Gasteiger partial charge in [-0.05, 0) is 23.6 Å². The fourth-order valence-corrected chi connectivity index (χ4v) is 3.63. The summed E-state index contributed by atoms with van der Waals surface area (Å²) in [7, 11) is 0. The van der Waals surface area contributed by atoms with E-state index in [1.165, 1.54) is 16.5 Å². The van der Waals surface area contributed by atoms with Crippen molar-refractivity contribution in [1.82, 2.24) is 4.98 Å². The van der Waals surface area contributed by atoms with Crippen LogP contribution >= 0.6 is 11.6 Å². The molecule has 0 amide bonds. The summed E-state index contributed by atoms with van der Waals surface area (Å²) in [5, 5.41) is 4.72. The molecule has 2 N–H and O–H groups in total. The number of aromatic nitrogens is 1. The predicted octanol–water partition coefficient (Wildman–Crippen LogP) is 4.80. The first kappa shape index (κ1) is 14.5. The fraction of sp³-hybridized carbons (Fsp3) is 0.263. The molecule has 0 fully saturated rings. The van der Waals surface area contributed by atoms with Crippen molar-refractivity contribution in [2.24, 2.45) is 0 Å². The van der Waals surface area contributed by atoms with Gasteiger partial charge in [0.1, 0.15) is 12.4 Å².